The second-order valence-electron chi connectivity index (χ2n) is 5.87. The third kappa shape index (κ3) is 4.51. The standard InChI is InChI=1S/C19H18BrN3O2S2/c1-3-9-23-18(25)14-8-10-26-17(14)21-19(23)27-12-16(24)22(2)11-13-6-4-5-7-15(13)20/h3-8,10H,1,9,11-12H2,2H3. The predicted molar refractivity (Wildman–Crippen MR) is 115 cm³/mol. The molecule has 0 spiro atoms. The van der Waals surface area contributed by atoms with Gasteiger partial charge >= 0.3 is 0 Å². The molecule has 2 aromatic heterocycles. The van der Waals surface area contributed by atoms with Gasteiger partial charge in [0.15, 0.2) is 5.16 Å². The van der Waals surface area contributed by atoms with Crippen molar-refractivity contribution >= 4 is 55.2 Å². The highest BCUT2D eigenvalue weighted by Crippen LogP contribution is 2.22. The van der Waals surface area contributed by atoms with Crippen LogP contribution in [0.1, 0.15) is 5.56 Å². The highest BCUT2D eigenvalue weighted by molar-refractivity contribution is 9.10. The van der Waals surface area contributed by atoms with Crippen molar-refractivity contribution in [3.63, 3.8) is 0 Å². The van der Waals surface area contributed by atoms with Crippen molar-refractivity contribution in [1.29, 1.82) is 0 Å². The van der Waals surface area contributed by atoms with E-state index >= 15 is 0 Å². The number of hydrogen-bond acceptors (Lipinski definition) is 5. The number of rotatable bonds is 7. The summed E-state index contributed by atoms with van der Waals surface area (Å²) in [6.45, 7) is 4.58. The SMILES string of the molecule is C=CCn1c(SCC(=O)N(C)Cc2ccccc2Br)nc2sccc2c1=O. The van der Waals surface area contributed by atoms with Gasteiger partial charge in [0.05, 0.1) is 11.1 Å². The van der Waals surface area contributed by atoms with Gasteiger partial charge in [0.25, 0.3) is 5.56 Å². The molecule has 0 aliphatic rings. The third-order valence-corrected chi connectivity index (χ3v) is 6.52. The Morgan fingerprint density at radius 1 is 1.41 bits per heavy atom. The lowest BCUT2D eigenvalue weighted by molar-refractivity contribution is -0.127. The van der Waals surface area contributed by atoms with Gasteiger partial charge in [-0.15, -0.1) is 17.9 Å². The second kappa shape index (κ2) is 8.86. The Kier molecular flexibility index (Phi) is 6.51. The molecule has 0 aliphatic heterocycles. The van der Waals surface area contributed by atoms with E-state index in [1.807, 2.05) is 29.6 Å². The molecule has 8 heteroatoms. The summed E-state index contributed by atoms with van der Waals surface area (Å²) in [5.41, 5.74) is 0.942. The summed E-state index contributed by atoms with van der Waals surface area (Å²) >= 11 is 6.20. The van der Waals surface area contributed by atoms with Gasteiger partial charge in [0, 0.05) is 24.6 Å². The molecule has 3 aromatic rings. The zero-order valence-electron chi connectivity index (χ0n) is 14.7. The summed E-state index contributed by atoms with van der Waals surface area (Å²) in [4.78, 5) is 32.1. The van der Waals surface area contributed by atoms with E-state index in [-0.39, 0.29) is 17.2 Å². The topological polar surface area (TPSA) is 55.2 Å². The van der Waals surface area contributed by atoms with E-state index < -0.39 is 0 Å². The zero-order valence-corrected chi connectivity index (χ0v) is 17.9. The number of carbonyl (C=O) groups is 1. The van der Waals surface area contributed by atoms with Gasteiger partial charge in [-0.1, -0.05) is 52.0 Å². The van der Waals surface area contributed by atoms with Crippen molar-refractivity contribution in [2.75, 3.05) is 12.8 Å². The Morgan fingerprint density at radius 3 is 2.93 bits per heavy atom. The highest BCUT2D eigenvalue weighted by Gasteiger charge is 2.16. The van der Waals surface area contributed by atoms with E-state index in [9.17, 15) is 9.59 Å². The number of amides is 1. The first-order chi connectivity index (χ1) is 13.0. The molecule has 0 unspecified atom stereocenters. The zero-order chi connectivity index (χ0) is 19.4. The number of hydrogen-bond donors (Lipinski definition) is 0. The molecule has 1 aromatic carbocycles. The number of benzene rings is 1. The van der Waals surface area contributed by atoms with Crippen LogP contribution in [0.4, 0.5) is 0 Å². The molecule has 0 atom stereocenters. The number of fused-ring (bicyclic) bond motifs is 1. The first kappa shape index (κ1) is 19.9. The average Bonchev–Trinajstić information content (AvgIpc) is 3.13. The van der Waals surface area contributed by atoms with Gasteiger partial charge in [-0.2, -0.15) is 0 Å². The van der Waals surface area contributed by atoms with Gasteiger partial charge in [-0.05, 0) is 23.1 Å². The first-order valence-electron chi connectivity index (χ1n) is 8.20. The summed E-state index contributed by atoms with van der Waals surface area (Å²) in [7, 11) is 1.77. The van der Waals surface area contributed by atoms with Crippen molar-refractivity contribution in [2.24, 2.45) is 0 Å². The number of carbonyl (C=O) groups excluding carboxylic acids is 1. The Hall–Kier alpha value is -1.90. The first-order valence-corrected chi connectivity index (χ1v) is 10.9. The molecule has 3 rings (SSSR count). The molecule has 0 saturated heterocycles. The maximum atomic E-state index is 12.6. The smallest absolute Gasteiger partial charge is 0.263 e. The molecular weight excluding hydrogens is 446 g/mol. The monoisotopic (exact) mass is 463 g/mol. The van der Waals surface area contributed by atoms with E-state index in [1.54, 1.807) is 28.7 Å². The predicted octanol–water partition coefficient (Wildman–Crippen LogP) is 4.16. The minimum absolute atomic E-state index is 0.0265. The van der Waals surface area contributed by atoms with Crippen LogP contribution in [0.15, 0.2) is 62.8 Å². The lowest BCUT2D eigenvalue weighted by Gasteiger charge is -2.18. The third-order valence-electron chi connectivity index (χ3n) is 3.98. The molecule has 0 N–H and O–H groups in total. The van der Waals surface area contributed by atoms with Crippen LogP contribution < -0.4 is 5.56 Å². The van der Waals surface area contributed by atoms with E-state index in [4.69, 9.17) is 0 Å². The normalized spacial score (nSPS) is 10.9. The molecule has 5 nitrogen and oxygen atoms in total. The summed E-state index contributed by atoms with van der Waals surface area (Å²) in [6, 6.07) is 9.60. The molecule has 0 bridgehead atoms. The maximum absolute atomic E-state index is 12.6. The van der Waals surface area contributed by atoms with Gasteiger partial charge in [-0.3, -0.25) is 14.2 Å². The van der Waals surface area contributed by atoms with Crippen LogP contribution in [0.25, 0.3) is 10.2 Å². The quantitative estimate of drug-likeness (QED) is 0.300. The fraction of sp³-hybridized carbons (Fsp3) is 0.211. The fourth-order valence-corrected chi connectivity index (χ4v) is 4.70. The van der Waals surface area contributed by atoms with Crippen molar-refractivity contribution in [3.8, 4) is 0 Å². The molecule has 0 radical (unpaired) electrons. The minimum atomic E-state index is -0.0994. The number of halogens is 1. The molecule has 2 heterocycles. The number of aromatic nitrogens is 2. The molecular formula is C19H18BrN3O2S2. The van der Waals surface area contributed by atoms with Crippen molar-refractivity contribution in [1.82, 2.24) is 14.5 Å². The Bertz CT molecular complexity index is 1040. The fourth-order valence-electron chi connectivity index (χ4n) is 2.54. The van der Waals surface area contributed by atoms with Gasteiger partial charge in [-0.25, -0.2) is 4.98 Å². The van der Waals surface area contributed by atoms with Crippen LogP contribution in [0, 0.1) is 0 Å². The van der Waals surface area contributed by atoms with Crippen LogP contribution >= 0.6 is 39.0 Å². The van der Waals surface area contributed by atoms with Crippen molar-refractivity contribution < 1.29 is 4.79 Å². The van der Waals surface area contributed by atoms with E-state index in [0.717, 1.165) is 10.0 Å². The highest BCUT2D eigenvalue weighted by atomic mass is 79.9. The molecule has 0 fully saturated rings. The van der Waals surface area contributed by atoms with E-state index in [2.05, 4.69) is 27.5 Å². The largest absolute Gasteiger partial charge is 0.341 e. The van der Waals surface area contributed by atoms with Gasteiger partial charge in [0.2, 0.25) is 5.91 Å². The lowest BCUT2D eigenvalue weighted by atomic mass is 10.2. The van der Waals surface area contributed by atoms with Crippen LogP contribution in [0.3, 0.4) is 0 Å². The van der Waals surface area contributed by atoms with Crippen LogP contribution in [-0.2, 0) is 17.9 Å². The summed E-state index contributed by atoms with van der Waals surface area (Å²) in [5, 5.41) is 2.99. The summed E-state index contributed by atoms with van der Waals surface area (Å²) in [5.74, 6) is 0.183. The Labute approximate surface area is 173 Å². The average molecular weight is 464 g/mol. The van der Waals surface area contributed by atoms with Crippen LogP contribution in [0.5, 0.6) is 0 Å². The van der Waals surface area contributed by atoms with Gasteiger partial charge < -0.3 is 4.90 Å². The molecule has 1 amide bonds. The van der Waals surface area contributed by atoms with Crippen molar-refractivity contribution in [3.05, 3.63) is 68.8 Å². The van der Waals surface area contributed by atoms with E-state index in [0.29, 0.717) is 28.5 Å². The number of allylic oxidation sites excluding steroid dienone is 1. The number of thiophene rings is 1. The lowest BCUT2D eigenvalue weighted by Crippen LogP contribution is -2.28. The Balaban J connectivity index is 1.74. The number of thioether (sulfide) groups is 1. The second-order valence-corrected chi connectivity index (χ2v) is 8.56. The summed E-state index contributed by atoms with van der Waals surface area (Å²) in [6.07, 6.45) is 1.66. The molecule has 0 saturated carbocycles. The van der Waals surface area contributed by atoms with Crippen LogP contribution in [-0.4, -0.2) is 33.2 Å². The minimum Gasteiger partial charge on any atom is -0.341 e. The van der Waals surface area contributed by atoms with Crippen LogP contribution in [0.2, 0.25) is 0 Å². The van der Waals surface area contributed by atoms with Gasteiger partial charge in [0.1, 0.15) is 4.83 Å². The van der Waals surface area contributed by atoms with E-state index in [1.165, 1.54) is 23.1 Å². The van der Waals surface area contributed by atoms with Crippen molar-refractivity contribution in [2.45, 2.75) is 18.2 Å². The number of nitrogens with zero attached hydrogens (tertiary/aromatic N) is 3. The summed E-state index contributed by atoms with van der Waals surface area (Å²) < 4.78 is 2.54. The Morgan fingerprint density at radius 2 is 2.19 bits per heavy atom. The molecule has 140 valence electrons. The molecule has 0 aliphatic carbocycles. The maximum Gasteiger partial charge on any atom is 0.263 e. The molecule has 27 heavy (non-hydrogen) atoms.